The number of fused-ring (bicyclic) bond motifs is 2. The predicted octanol–water partition coefficient (Wildman–Crippen LogP) is 5.13. The zero-order chi connectivity index (χ0) is 32.2. The summed E-state index contributed by atoms with van der Waals surface area (Å²) in [4.78, 5) is 22.7. The summed E-state index contributed by atoms with van der Waals surface area (Å²) < 4.78 is 0. The smallest absolute Gasteiger partial charge is 0.188 e. The first-order valence-electron chi connectivity index (χ1n) is 15.8. The van der Waals surface area contributed by atoms with E-state index in [4.69, 9.17) is 5.73 Å². The van der Waals surface area contributed by atoms with Crippen molar-refractivity contribution in [3.05, 3.63) is 98.0 Å². The minimum absolute atomic E-state index is 0.0311. The van der Waals surface area contributed by atoms with Gasteiger partial charge in [0.05, 0.1) is 9.75 Å². The fourth-order valence-electron chi connectivity index (χ4n) is 7.14. The summed E-state index contributed by atoms with van der Waals surface area (Å²) in [6.45, 7) is 2.64. The third-order valence-electron chi connectivity index (χ3n) is 9.23. The predicted molar refractivity (Wildman–Crippen MR) is 191 cm³/mol. The molecular weight excluding hydrogens is 609 g/mol. The van der Waals surface area contributed by atoms with E-state index in [0.29, 0.717) is 12.4 Å². The standard InChI is InChI=1S/C38H40N4O2S2/c1-4-6-28-11-14-34(45-28)35-15-16-36(46-35)37(44)30-13-12-29(33(42-38(39)41-3)19-23-7-5-8-27(43)18-23)31-20-25-10-9-24(22-40-2)17-26(25)21-32(30)31/h5,7-11,14-18,20-21,29-33,40,43H,12-13,19,22H2,1-3H3,(H3,39,41,42). The molecule has 0 radical (unpaired) electrons. The molecule has 5 N–H and O–H groups in total. The lowest BCUT2D eigenvalue weighted by Crippen LogP contribution is -2.52. The lowest BCUT2D eigenvalue weighted by atomic mass is 9.61. The number of nitrogens with one attached hydrogen (secondary N) is 2. The van der Waals surface area contributed by atoms with E-state index in [1.54, 1.807) is 35.8 Å². The second kappa shape index (κ2) is 14.1. The highest BCUT2D eigenvalue weighted by Gasteiger charge is 2.44. The maximum atomic E-state index is 14.4. The van der Waals surface area contributed by atoms with Crippen LogP contribution in [0.5, 0.6) is 5.75 Å². The topological polar surface area (TPSA) is 99.7 Å². The summed E-state index contributed by atoms with van der Waals surface area (Å²) in [6.07, 6.45) is 7.08. The Morgan fingerprint density at radius 2 is 1.80 bits per heavy atom. The Morgan fingerprint density at radius 3 is 2.59 bits per heavy atom. The minimum atomic E-state index is -0.131. The number of phenols is 1. The van der Waals surface area contributed by atoms with Crippen LogP contribution in [-0.2, 0) is 13.0 Å². The molecule has 2 aromatic heterocycles. The van der Waals surface area contributed by atoms with Gasteiger partial charge >= 0.3 is 0 Å². The van der Waals surface area contributed by atoms with Crippen molar-refractivity contribution in [2.24, 2.45) is 34.4 Å². The number of Topliss-reactive ketones (excluding diaryl/α,β-unsaturated/α-hetero) is 1. The van der Waals surface area contributed by atoms with Crippen molar-refractivity contribution in [1.82, 2.24) is 10.6 Å². The van der Waals surface area contributed by atoms with Crippen LogP contribution >= 0.6 is 22.7 Å². The first-order chi connectivity index (χ1) is 22.4. The van der Waals surface area contributed by atoms with Crippen LogP contribution in [0.3, 0.4) is 0 Å². The fourth-order valence-corrected chi connectivity index (χ4v) is 9.15. The SMILES string of the molecule is CC#Cc1ccc(-c2ccc(C(=O)C3CCC(C(Cc4cccc(O)c4)NC(N)=NC)C4C=c5ccc(CNC)cc5=CC34)s2)s1. The summed E-state index contributed by atoms with van der Waals surface area (Å²) >= 11 is 3.25. The average Bonchev–Trinajstić information content (AvgIpc) is 3.73. The van der Waals surface area contributed by atoms with Crippen LogP contribution in [0.15, 0.2) is 71.7 Å². The molecule has 2 aliphatic carbocycles. The molecule has 0 spiro atoms. The number of rotatable bonds is 9. The number of thiophene rings is 2. The van der Waals surface area contributed by atoms with E-state index >= 15 is 0 Å². The van der Waals surface area contributed by atoms with Gasteiger partial charge < -0.3 is 21.5 Å². The zero-order valence-electron chi connectivity index (χ0n) is 26.4. The van der Waals surface area contributed by atoms with Gasteiger partial charge in [-0.05, 0) is 109 Å². The molecule has 4 aromatic rings. The number of benzene rings is 2. The molecule has 46 heavy (non-hydrogen) atoms. The molecule has 1 fully saturated rings. The molecule has 0 bridgehead atoms. The van der Waals surface area contributed by atoms with Crippen molar-refractivity contribution in [3.63, 3.8) is 0 Å². The number of phenolic OH excluding ortho intramolecular Hbond substituents is 1. The number of guanidine groups is 1. The van der Waals surface area contributed by atoms with Crippen LogP contribution < -0.4 is 26.8 Å². The van der Waals surface area contributed by atoms with Crippen LogP contribution in [0, 0.1) is 35.5 Å². The third-order valence-corrected chi connectivity index (χ3v) is 11.5. The maximum Gasteiger partial charge on any atom is 0.188 e. The van der Waals surface area contributed by atoms with Gasteiger partial charge in [0.1, 0.15) is 5.75 Å². The molecule has 6 rings (SSSR count). The number of aromatic hydroxyl groups is 1. The highest BCUT2D eigenvalue weighted by Crippen LogP contribution is 2.46. The van der Waals surface area contributed by atoms with Crippen LogP contribution in [0.25, 0.3) is 21.9 Å². The molecule has 8 heteroatoms. The van der Waals surface area contributed by atoms with Gasteiger partial charge in [0, 0.05) is 35.3 Å². The van der Waals surface area contributed by atoms with Gasteiger partial charge in [-0.3, -0.25) is 9.79 Å². The van der Waals surface area contributed by atoms with E-state index in [9.17, 15) is 9.90 Å². The third kappa shape index (κ3) is 6.82. The summed E-state index contributed by atoms with van der Waals surface area (Å²) in [5.41, 5.74) is 8.53. The number of carbonyl (C=O) groups excluding carboxylic acids is 1. The number of ketones is 1. The van der Waals surface area contributed by atoms with Crippen molar-refractivity contribution in [3.8, 4) is 27.3 Å². The largest absolute Gasteiger partial charge is 0.508 e. The highest BCUT2D eigenvalue weighted by molar-refractivity contribution is 7.23. The van der Waals surface area contributed by atoms with Gasteiger partial charge in [0.15, 0.2) is 11.7 Å². The minimum Gasteiger partial charge on any atom is -0.508 e. The molecule has 1 saturated carbocycles. The van der Waals surface area contributed by atoms with Gasteiger partial charge in [-0.25, -0.2) is 0 Å². The van der Waals surface area contributed by atoms with Gasteiger partial charge in [-0.2, -0.15) is 0 Å². The van der Waals surface area contributed by atoms with Crippen molar-refractivity contribution in [2.45, 2.75) is 38.8 Å². The van der Waals surface area contributed by atoms with E-state index in [1.165, 1.54) is 16.0 Å². The second-order valence-electron chi connectivity index (χ2n) is 12.1. The van der Waals surface area contributed by atoms with Gasteiger partial charge in [0.2, 0.25) is 0 Å². The van der Waals surface area contributed by atoms with Gasteiger partial charge in [-0.1, -0.05) is 48.4 Å². The van der Waals surface area contributed by atoms with Crippen LogP contribution in [0.2, 0.25) is 0 Å². The first-order valence-corrected chi connectivity index (χ1v) is 17.4. The summed E-state index contributed by atoms with van der Waals surface area (Å²) in [5.74, 6) is 7.20. The van der Waals surface area contributed by atoms with E-state index in [-0.39, 0.29) is 41.2 Å². The van der Waals surface area contributed by atoms with E-state index in [0.717, 1.165) is 44.5 Å². The summed E-state index contributed by atoms with van der Waals surface area (Å²) in [7, 11) is 3.65. The Labute approximate surface area is 278 Å². The Hall–Kier alpha value is -4.16. The normalized spacial score (nSPS) is 21.1. The van der Waals surface area contributed by atoms with E-state index < -0.39 is 0 Å². The van der Waals surface area contributed by atoms with E-state index in [2.05, 4.69) is 70.0 Å². The van der Waals surface area contributed by atoms with Gasteiger partial charge in [-0.15, -0.1) is 28.6 Å². The lowest BCUT2D eigenvalue weighted by Gasteiger charge is -2.44. The number of hydrogen-bond acceptors (Lipinski definition) is 6. The van der Waals surface area contributed by atoms with Crippen molar-refractivity contribution in [2.75, 3.05) is 14.1 Å². The number of aliphatic imine (C=N–C) groups is 1. The molecule has 2 aromatic carbocycles. The molecular formula is C38H40N4O2S2. The molecule has 5 atom stereocenters. The maximum absolute atomic E-state index is 14.4. The zero-order valence-corrected chi connectivity index (χ0v) is 28.1. The number of hydrogen-bond donors (Lipinski definition) is 4. The van der Waals surface area contributed by atoms with Crippen molar-refractivity contribution >= 4 is 46.6 Å². The van der Waals surface area contributed by atoms with Gasteiger partial charge in [0.25, 0.3) is 0 Å². The Bertz CT molecular complexity index is 1950. The summed E-state index contributed by atoms with van der Waals surface area (Å²) in [5, 5.41) is 19.4. The monoisotopic (exact) mass is 648 g/mol. The average molecular weight is 649 g/mol. The molecule has 0 aliphatic heterocycles. The van der Waals surface area contributed by atoms with Crippen molar-refractivity contribution in [1.29, 1.82) is 0 Å². The van der Waals surface area contributed by atoms with Crippen LogP contribution in [0.4, 0.5) is 0 Å². The summed E-state index contributed by atoms with van der Waals surface area (Å²) in [6, 6.07) is 22.3. The molecule has 5 unspecified atom stereocenters. The fraction of sp³-hybridized carbons (Fsp3) is 0.316. The molecule has 0 saturated heterocycles. The Balaban J connectivity index is 1.37. The molecule has 236 valence electrons. The quantitative estimate of drug-likeness (QED) is 0.0873. The second-order valence-corrected chi connectivity index (χ2v) is 14.3. The van der Waals surface area contributed by atoms with Crippen molar-refractivity contribution < 1.29 is 9.90 Å². The molecule has 0 amide bonds. The first kappa shape index (κ1) is 31.8. The molecule has 2 aliphatic rings. The number of carbonyl (C=O) groups is 1. The lowest BCUT2D eigenvalue weighted by molar-refractivity contribution is 0.0768. The Kier molecular flexibility index (Phi) is 9.74. The highest BCUT2D eigenvalue weighted by atomic mass is 32.1. The van der Waals surface area contributed by atoms with E-state index in [1.807, 2.05) is 44.3 Å². The number of nitrogens with zero attached hydrogens (tertiary/aromatic N) is 1. The number of nitrogens with two attached hydrogens (primary N) is 1. The molecule has 6 nitrogen and oxygen atoms in total. The molecule has 2 heterocycles. The Morgan fingerprint density at radius 1 is 1.00 bits per heavy atom. The van der Waals surface area contributed by atoms with Crippen LogP contribution in [0.1, 0.15) is 45.4 Å². The van der Waals surface area contributed by atoms with Crippen LogP contribution in [-0.4, -0.2) is 37.0 Å².